The van der Waals surface area contributed by atoms with Crippen molar-refractivity contribution < 1.29 is 4.79 Å². The highest BCUT2D eigenvalue weighted by Crippen LogP contribution is 2.11. The largest absolute Gasteiger partial charge is 0.342 e. The van der Waals surface area contributed by atoms with E-state index in [-0.39, 0.29) is 5.91 Å². The number of carbonyl (C=O) groups is 1. The van der Waals surface area contributed by atoms with Gasteiger partial charge in [-0.1, -0.05) is 90.9 Å². The third-order valence-electron chi connectivity index (χ3n) is 4.84. The predicted octanol–water partition coefficient (Wildman–Crippen LogP) is 3.94. The van der Waals surface area contributed by atoms with E-state index >= 15 is 0 Å². The van der Waals surface area contributed by atoms with Gasteiger partial charge < -0.3 is 16.0 Å². The maximum atomic E-state index is 11.1. The Morgan fingerprint density at radius 3 is 1.67 bits per heavy atom. The Labute approximate surface area is 169 Å². The van der Waals surface area contributed by atoms with Gasteiger partial charge in [0.05, 0.1) is 13.2 Å². The first-order valence-electron chi connectivity index (χ1n) is 11.7. The van der Waals surface area contributed by atoms with Gasteiger partial charge in [-0.2, -0.15) is 0 Å². The standard InChI is InChI=1S/C14H30.C8H18N4O/c1-3-5-7-9-11-13-14-12-10-8-6-4-2;13-8-6-10-3-1-2-9-4-5-11-7-12-8/h3-14H2,1-2H3;9-11H,1-7H2,(H,12,13). The average Bonchev–Trinajstić information content (AvgIpc) is 2.67. The molecule has 0 aromatic heterocycles. The first-order chi connectivity index (χ1) is 13.3. The van der Waals surface area contributed by atoms with E-state index in [4.69, 9.17) is 0 Å². The van der Waals surface area contributed by atoms with Crippen LogP contribution in [0.25, 0.3) is 0 Å². The Balaban J connectivity index is 0.000000501. The summed E-state index contributed by atoms with van der Waals surface area (Å²) in [6.45, 7) is 9.30. The summed E-state index contributed by atoms with van der Waals surface area (Å²) < 4.78 is 0. The van der Waals surface area contributed by atoms with Crippen molar-refractivity contribution in [1.82, 2.24) is 21.3 Å². The van der Waals surface area contributed by atoms with Crippen molar-refractivity contribution in [3.8, 4) is 0 Å². The fourth-order valence-electron chi connectivity index (χ4n) is 3.07. The fourth-order valence-corrected chi connectivity index (χ4v) is 3.07. The van der Waals surface area contributed by atoms with Crippen molar-refractivity contribution in [3.63, 3.8) is 0 Å². The molecule has 0 radical (unpaired) electrons. The highest BCUT2D eigenvalue weighted by molar-refractivity contribution is 5.77. The Morgan fingerprint density at radius 1 is 0.630 bits per heavy atom. The van der Waals surface area contributed by atoms with Gasteiger partial charge in [-0.3, -0.25) is 10.1 Å². The molecule has 1 aliphatic rings. The second-order valence-corrected chi connectivity index (χ2v) is 7.59. The minimum atomic E-state index is 0.0565. The van der Waals surface area contributed by atoms with Gasteiger partial charge in [0.1, 0.15) is 0 Å². The minimum Gasteiger partial charge on any atom is -0.342 e. The first kappa shape index (κ1) is 26.4. The topological polar surface area (TPSA) is 65.2 Å². The lowest BCUT2D eigenvalue weighted by atomic mass is 10.1. The summed E-state index contributed by atoms with van der Waals surface area (Å²) in [6.07, 6.45) is 18.5. The molecule has 0 aliphatic carbocycles. The van der Waals surface area contributed by atoms with Gasteiger partial charge in [0.2, 0.25) is 5.91 Å². The number of unbranched alkanes of at least 4 members (excludes halogenated alkanes) is 11. The Kier molecular flexibility index (Phi) is 22.8. The molecule has 5 heteroatoms. The van der Waals surface area contributed by atoms with Crippen molar-refractivity contribution in [3.05, 3.63) is 0 Å². The zero-order valence-electron chi connectivity index (χ0n) is 18.3. The second kappa shape index (κ2) is 23.4. The van der Waals surface area contributed by atoms with Crippen molar-refractivity contribution in [2.45, 2.75) is 97.3 Å². The molecule has 0 saturated carbocycles. The van der Waals surface area contributed by atoms with E-state index in [1.165, 1.54) is 77.0 Å². The van der Waals surface area contributed by atoms with Crippen LogP contribution in [0.5, 0.6) is 0 Å². The van der Waals surface area contributed by atoms with E-state index in [0.717, 1.165) is 32.6 Å². The van der Waals surface area contributed by atoms with E-state index in [0.29, 0.717) is 13.2 Å². The number of hydrogen-bond donors (Lipinski definition) is 4. The fraction of sp³-hybridized carbons (Fsp3) is 0.955. The summed E-state index contributed by atoms with van der Waals surface area (Å²) in [5.74, 6) is 0.0565. The van der Waals surface area contributed by atoms with Crippen LogP contribution in [0.1, 0.15) is 97.3 Å². The van der Waals surface area contributed by atoms with Gasteiger partial charge in [0.25, 0.3) is 0 Å². The molecule has 1 rings (SSSR count). The van der Waals surface area contributed by atoms with E-state index in [9.17, 15) is 4.79 Å². The van der Waals surface area contributed by atoms with Crippen molar-refractivity contribution in [2.75, 3.05) is 39.4 Å². The minimum absolute atomic E-state index is 0.0565. The molecule has 0 unspecified atom stereocenters. The molecule has 27 heavy (non-hydrogen) atoms. The summed E-state index contributed by atoms with van der Waals surface area (Å²) in [4.78, 5) is 11.1. The summed E-state index contributed by atoms with van der Waals surface area (Å²) >= 11 is 0. The number of amides is 1. The third kappa shape index (κ3) is 23.3. The number of rotatable bonds is 11. The average molecular weight is 385 g/mol. The predicted molar refractivity (Wildman–Crippen MR) is 118 cm³/mol. The highest BCUT2D eigenvalue weighted by Gasteiger charge is 1.99. The number of hydrogen-bond acceptors (Lipinski definition) is 4. The van der Waals surface area contributed by atoms with Crippen LogP contribution in [0, 0.1) is 0 Å². The zero-order chi connectivity index (χ0) is 19.8. The number of nitrogens with one attached hydrogen (secondary N) is 4. The van der Waals surface area contributed by atoms with E-state index in [1.807, 2.05) is 0 Å². The Bertz CT molecular complexity index is 274. The molecule has 1 amide bonds. The summed E-state index contributed by atoms with van der Waals surface area (Å²) in [7, 11) is 0. The van der Waals surface area contributed by atoms with Crippen LogP contribution in [0.15, 0.2) is 0 Å². The highest BCUT2D eigenvalue weighted by atomic mass is 16.1. The third-order valence-corrected chi connectivity index (χ3v) is 4.84. The van der Waals surface area contributed by atoms with E-state index in [2.05, 4.69) is 35.1 Å². The van der Waals surface area contributed by atoms with Crippen molar-refractivity contribution in [1.29, 1.82) is 0 Å². The van der Waals surface area contributed by atoms with Gasteiger partial charge in [0.15, 0.2) is 0 Å². The summed E-state index contributed by atoms with van der Waals surface area (Å²) in [5.41, 5.74) is 0. The van der Waals surface area contributed by atoms with Crippen LogP contribution < -0.4 is 21.3 Å². The molecular weight excluding hydrogens is 336 g/mol. The van der Waals surface area contributed by atoms with Crippen molar-refractivity contribution in [2.24, 2.45) is 0 Å². The van der Waals surface area contributed by atoms with Gasteiger partial charge in [-0.05, 0) is 19.5 Å². The number of carbonyl (C=O) groups excluding carboxylic acids is 1. The molecule has 5 nitrogen and oxygen atoms in total. The molecular formula is C22H48N4O. The Morgan fingerprint density at radius 2 is 1.11 bits per heavy atom. The first-order valence-corrected chi connectivity index (χ1v) is 11.7. The summed E-state index contributed by atoms with van der Waals surface area (Å²) in [6, 6.07) is 0. The maximum absolute atomic E-state index is 11.1. The lowest BCUT2D eigenvalue weighted by Gasteiger charge is -2.11. The van der Waals surface area contributed by atoms with Gasteiger partial charge in [-0.15, -0.1) is 0 Å². The Hall–Kier alpha value is -0.650. The maximum Gasteiger partial charge on any atom is 0.234 e. The van der Waals surface area contributed by atoms with E-state index < -0.39 is 0 Å². The smallest absolute Gasteiger partial charge is 0.234 e. The molecule has 0 bridgehead atoms. The van der Waals surface area contributed by atoms with Crippen LogP contribution in [-0.2, 0) is 4.79 Å². The lowest BCUT2D eigenvalue weighted by molar-refractivity contribution is -0.120. The SMILES string of the molecule is CCCCCCCCCCCCCC.O=C1CNCCCNCCNCN1. The molecule has 1 fully saturated rings. The van der Waals surface area contributed by atoms with Crippen LogP contribution in [0.4, 0.5) is 0 Å². The molecule has 0 aromatic carbocycles. The van der Waals surface area contributed by atoms with Crippen molar-refractivity contribution >= 4 is 5.91 Å². The molecule has 1 aliphatic heterocycles. The van der Waals surface area contributed by atoms with Gasteiger partial charge >= 0.3 is 0 Å². The van der Waals surface area contributed by atoms with E-state index in [1.54, 1.807) is 0 Å². The molecule has 1 heterocycles. The lowest BCUT2D eigenvalue weighted by Crippen LogP contribution is -2.42. The van der Waals surface area contributed by atoms with Crippen LogP contribution in [-0.4, -0.2) is 45.3 Å². The second-order valence-electron chi connectivity index (χ2n) is 7.59. The van der Waals surface area contributed by atoms with Crippen LogP contribution >= 0.6 is 0 Å². The molecule has 1 saturated heterocycles. The zero-order valence-corrected chi connectivity index (χ0v) is 18.3. The molecule has 0 atom stereocenters. The normalized spacial score (nSPS) is 16.4. The quantitative estimate of drug-likeness (QED) is 0.407. The summed E-state index contributed by atoms with van der Waals surface area (Å²) in [5, 5.41) is 12.2. The van der Waals surface area contributed by atoms with Crippen LogP contribution in [0.2, 0.25) is 0 Å². The van der Waals surface area contributed by atoms with Crippen LogP contribution in [0.3, 0.4) is 0 Å². The van der Waals surface area contributed by atoms with Gasteiger partial charge in [-0.25, -0.2) is 0 Å². The molecule has 162 valence electrons. The monoisotopic (exact) mass is 384 g/mol. The molecule has 4 N–H and O–H groups in total. The molecule has 0 spiro atoms. The van der Waals surface area contributed by atoms with Gasteiger partial charge in [0, 0.05) is 13.1 Å². The molecule has 0 aromatic rings.